The van der Waals surface area contributed by atoms with Gasteiger partial charge >= 0.3 is 0 Å². The van der Waals surface area contributed by atoms with E-state index in [0.717, 1.165) is 48.8 Å². The molecule has 0 aliphatic heterocycles. The number of nitrogens with one attached hydrogen (secondary N) is 1. The average Bonchev–Trinajstić information content (AvgIpc) is 3.40. The first kappa shape index (κ1) is 21.2. The summed E-state index contributed by atoms with van der Waals surface area (Å²) in [5.41, 5.74) is 1.70. The Labute approximate surface area is 187 Å². The Morgan fingerprint density at radius 1 is 1.26 bits per heavy atom. The van der Waals surface area contributed by atoms with E-state index in [0.29, 0.717) is 22.2 Å². The molecule has 1 amide bonds. The third kappa shape index (κ3) is 5.18. The number of methoxy groups -OCH3 is 1. The highest BCUT2D eigenvalue weighted by atomic mass is 32.2. The second-order valence-electron chi connectivity index (χ2n) is 6.79. The fourth-order valence-electron chi connectivity index (χ4n) is 3.23. The molecule has 0 unspecified atom stereocenters. The van der Waals surface area contributed by atoms with Crippen molar-refractivity contribution < 1.29 is 18.7 Å². The third-order valence-electron chi connectivity index (χ3n) is 4.73. The van der Waals surface area contributed by atoms with Gasteiger partial charge in [-0.05, 0) is 55.5 Å². The van der Waals surface area contributed by atoms with Crippen LogP contribution in [0.2, 0.25) is 0 Å². The Balaban J connectivity index is 1.28. The number of nitrogens with zero attached hydrogens (tertiary/aromatic N) is 3. The minimum absolute atomic E-state index is 0.106. The van der Waals surface area contributed by atoms with Gasteiger partial charge in [-0.2, -0.15) is 5.26 Å². The molecule has 1 aromatic carbocycles. The van der Waals surface area contributed by atoms with Gasteiger partial charge < -0.3 is 19.2 Å². The molecule has 160 valence electrons. The van der Waals surface area contributed by atoms with Crippen LogP contribution in [0.1, 0.15) is 34.7 Å². The lowest BCUT2D eigenvalue weighted by Gasteiger charge is -2.09. The van der Waals surface area contributed by atoms with Crippen LogP contribution in [0.15, 0.2) is 33.9 Å². The molecule has 1 aliphatic carbocycles. The van der Waals surface area contributed by atoms with Gasteiger partial charge in [0.2, 0.25) is 5.91 Å². The number of ether oxygens (including phenoxy) is 2. The largest absolute Gasteiger partial charge is 0.497 e. The molecule has 0 saturated heterocycles. The van der Waals surface area contributed by atoms with E-state index in [1.807, 2.05) is 0 Å². The number of thiophene rings is 1. The van der Waals surface area contributed by atoms with E-state index in [2.05, 4.69) is 21.6 Å². The second kappa shape index (κ2) is 9.85. The molecule has 0 saturated carbocycles. The van der Waals surface area contributed by atoms with Crippen LogP contribution in [0.3, 0.4) is 0 Å². The van der Waals surface area contributed by atoms with Crippen LogP contribution in [-0.2, 0) is 24.2 Å². The summed E-state index contributed by atoms with van der Waals surface area (Å²) in [5.74, 6) is 1.60. The maximum Gasteiger partial charge on any atom is 0.277 e. The first-order valence-electron chi connectivity index (χ1n) is 9.72. The normalized spacial score (nSPS) is 12.6. The summed E-state index contributed by atoms with van der Waals surface area (Å²) in [6, 6.07) is 9.41. The molecule has 0 bridgehead atoms. The third-order valence-corrected chi connectivity index (χ3v) is 6.76. The number of benzene rings is 1. The van der Waals surface area contributed by atoms with Gasteiger partial charge in [0, 0.05) is 4.88 Å². The zero-order valence-corrected chi connectivity index (χ0v) is 18.5. The van der Waals surface area contributed by atoms with Gasteiger partial charge in [0.25, 0.3) is 11.1 Å². The number of aryl methyl sites for hydroxylation is 1. The molecule has 4 rings (SSSR count). The summed E-state index contributed by atoms with van der Waals surface area (Å²) in [5, 5.41) is 21.2. The number of nitriles is 1. The number of amides is 1. The van der Waals surface area contributed by atoms with Crippen molar-refractivity contribution in [3.63, 3.8) is 0 Å². The highest BCUT2D eigenvalue weighted by molar-refractivity contribution is 7.99. The predicted molar refractivity (Wildman–Crippen MR) is 117 cm³/mol. The van der Waals surface area contributed by atoms with Gasteiger partial charge in [0.1, 0.15) is 22.6 Å². The quantitative estimate of drug-likeness (QED) is 0.502. The van der Waals surface area contributed by atoms with E-state index in [-0.39, 0.29) is 23.5 Å². The van der Waals surface area contributed by atoms with Crippen LogP contribution in [0.4, 0.5) is 5.00 Å². The second-order valence-corrected chi connectivity index (χ2v) is 8.82. The molecular weight excluding hydrogens is 436 g/mol. The molecule has 0 spiro atoms. The summed E-state index contributed by atoms with van der Waals surface area (Å²) >= 11 is 2.65. The number of aromatic nitrogens is 2. The molecule has 10 heteroatoms. The number of thioether (sulfide) groups is 1. The van der Waals surface area contributed by atoms with Crippen molar-refractivity contribution in [3.05, 3.63) is 46.2 Å². The van der Waals surface area contributed by atoms with E-state index in [4.69, 9.17) is 13.9 Å². The van der Waals surface area contributed by atoms with Gasteiger partial charge in [-0.3, -0.25) is 4.79 Å². The standard InChI is InChI=1S/C21H20N4O4S2/c1-27-13-6-8-14(9-7-13)28-11-19-24-25-21(29-19)30-12-18(26)23-20-16(10-22)15-4-2-3-5-17(15)31-20/h6-9H,2-5,11-12H2,1H3,(H,23,26). The number of carbonyl (C=O) groups is 1. The molecular formula is C21H20N4O4S2. The monoisotopic (exact) mass is 456 g/mol. The molecule has 1 N–H and O–H groups in total. The van der Waals surface area contributed by atoms with E-state index in [1.165, 1.54) is 16.2 Å². The predicted octanol–water partition coefficient (Wildman–Crippen LogP) is 4.20. The molecule has 2 aromatic heterocycles. The summed E-state index contributed by atoms with van der Waals surface area (Å²) in [6.07, 6.45) is 4.10. The van der Waals surface area contributed by atoms with Gasteiger partial charge in [-0.1, -0.05) is 11.8 Å². The lowest BCUT2D eigenvalue weighted by atomic mass is 9.96. The van der Waals surface area contributed by atoms with Crippen LogP contribution >= 0.6 is 23.1 Å². The van der Waals surface area contributed by atoms with Crippen LogP contribution in [0, 0.1) is 11.3 Å². The Hall–Kier alpha value is -3.03. The van der Waals surface area contributed by atoms with Crippen molar-refractivity contribution in [2.45, 2.75) is 37.5 Å². The van der Waals surface area contributed by atoms with Crippen molar-refractivity contribution in [2.24, 2.45) is 0 Å². The minimum atomic E-state index is -0.214. The average molecular weight is 457 g/mol. The van der Waals surface area contributed by atoms with Crippen molar-refractivity contribution in [2.75, 3.05) is 18.2 Å². The first-order valence-corrected chi connectivity index (χ1v) is 11.5. The molecule has 0 radical (unpaired) electrons. The molecule has 8 nitrogen and oxygen atoms in total. The Morgan fingerprint density at radius 2 is 2.03 bits per heavy atom. The summed E-state index contributed by atoms with van der Waals surface area (Å²) in [4.78, 5) is 13.6. The number of carbonyl (C=O) groups excluding carboxylic acids is 1. The van der Waals surface area contributed by atoms with E-state index >= 15 is 0 Å². The highest BCUT2D eigenvalue weighted by Crippen LogP contribution is 2.37. The fourth-order valence-corrected chi connectivity index (χ4v) is 5.07. The number of anilines is 1. The minimum Gasteiger partial charge on any atom is -0.497 e. The molecule has 0 atom stereocenters. The molecule has 3 aromatic rings. The van der Waals surface area contributed by atoms with E-state index in [1.54, 1.807) is 31.4 Å². The summed E-state index contributed by atoms with van der Waals surface area (Å²) < 4.78 is 16.2. The fraction of sp³-hybridized carbons (Fsp3) is 0.333. The Bertz CT molecular complexity index is 1100. The number of fused-ring (bicyclic) bond motifs is 1. The SMILES string of the molecule is COc1ccc(OCc2nnc(SCC(=O)Nc3sc4c(c3C#N)CCCC4)o2)cc1. The number of hydrogen-bond donors (Lipinski definition) is 1. The van der Waals surface area contributed by atoms with Gasteiger partial charge in [-0.15, -0.1) is 21.5 Å². The van der Waals surface area contributed by atoms with Crippen LogP contribution in [-0.4, -0.2) is 29.0 Å². The van der Waals surface area contributed by atoms with Crippen molar-refractivity contribution in [1.82, 2.24) is 10.2 Å². The smallest absolute Gasteiger partial charge is 0.277 e. The summed E-state index contributed by atoms with van der Waals surface area (Å²) in [7, 11) is 1.60. The van der Waals surface area contributed by atoms with Crippen LogP contribution < -0.4 is 14.8 Å². The lowest BCUT2D eigenvalue weighted by Crippen LogP contribution is -2.14. The lowest BCUT2D eigenvalue weighted by molar-refractivity contribution is -0.113. The van der Waals surface area contributed by atoms with Gasteiger partial charge in [-0.25, -0.2) is 0 Å². The van der Waals surface area contributed by atoms with Crippen molar-refractivity contribution >= 4 is 34.0 Å². The maximum atomic E-state index is 12.4. The molecule has 2 heterocycles. The first-order chi connectivity index (χ1) is 15.2. The van der Waals surface area contributed by atoms with Crippen molar-refractivity contribution in [3.8, 4) is 17.6 Å². The Morgan fingerprint density at radius 3 is 2.81 bits per heavy atom. The Kier molecular flexibility index (Phi) is 6.74. The van der Waals surface area contributed by atoms with Gasteiger partial charge in [0.05, 0.1) is 18.4 Å². The highest BCUT2D eigenvalue weighted by Gasteiger charge is 2.22. The maximum absolute atomic E-state index is 12.4. The van der Waals surface area contributed by atoms with Gasteiger partial charge in [0.15, 0.2) is 6.61 Å². The number of rotatable bonds is 8. The zero-order chi connectivity index (χ0) is 21.6. The van der Waals surface area contributed by atoms with Crippen LogP contribution in [0.5, 0.6) is 11.5 Å². The molecule has 31 heavy (non-hydrogen) atoms. The number of hydrogen-bond acceptors (Lipinski definition) is 9. The van der Waals surface area contributed by atoms with E-state index in [9.17, 15) is 10.1 Å². The topological polar surface area (TPSA) is 110 Å². The molecule has 1 aliphatic rings. The van der Waals surface area contributed by atoms with E-state index < -0.39 is 0 Å². The van der Waals surface area contributed by atoms with Crippen molar-refractivity contribution in [1.29, 1.82) is 5.26 Å². The molecule has 0 fully saturated rings. The zero-order valence-electron chi connectivity index (χ0n) is 16.8. The van der Waals surface area contributed by atoms with Crippen LogP contribution in [0.25, 0.3) is 0 Å². The summed E-state index contributed by atoms with van der Waals surface area (Å²) in [6.45, 7) is 0.123.